The average Bonchev–Trinajstić information content (AvgIpc) is 2.61. The number of ether oxygens (including phenoxy) is 1. The van der Waals surface area contributed by atoms with E-state index in [1.165, 1.54) is 11.1 Å². The standard InChI is InChI=1S/C20H24FNO/c21-19-8-6-17(7-9-19)18-11-13-23-20(14-18)10-12-22-15-16-4-2-1-3-5-16/h1-9,18,20,22H,10-15H2. The van der Waals surface area contributed by atoms with Crippen LogP contribution in [-0.4, -0.2) is 19.3 Å². The number of benzene rings is 2. The predicted molar refractivity (Wildman–Crippen MR) is 90.9 cm³/mol. The molecule has 2 aromatic rings. The van der Waals surface area contributed by atoms with Gasteiger partial charge in [-0.25, -0.2) is 4.39 Å². The molecule has 2 unspecified atom stereocenters. The van der Waals surface area contributed by atoms with E-state index in [9.17, 15) is 4.39 Å². The Balaban J connectivity index is 1.43. The Labute approximate surface area is 137 Å². The van der Waals surface area contributed by atoms with Crippen molar-refractivity contribution in [3.05, 3.63) is 71.5 Å². The zero-order valence-corrected chi connectivity index (χ0v) is 13.4. The first-order valence-electron chi connectivity index (χ1n) is 8.43. The minimum Gasteiger partial charge on any atom is -0.378 e. The second-order valence-corrected chi connectivity index (χ2v) is 6.22. The average molecular weight is 313 g/mol. The van der Waals surface area contributed by atoms with Gasteiger partial charge in [-0.3, -0.25) is 0 Å². The molecule has 1 N–H and O–H groups in total. The molecular weight excluding hydrogens is 289 g/mol. The third-order valence-electron chi connectivity index (χ3n) is 4.52. The SMILES string of the molecule is Fc1ccc(C2CCOC(CCNCc3ccccc3)C2)cc1. The molecular formula is C20H24FNO. The summed E-state index contributed by atoms with van der Waals surface area (Å²) in [5.74, 6) is 0.325. The zero-order valence-electron chi connectivity index (χ0n) is 13.4. The van der Waals surface area contributed by atoms with Crippen LogP contribution in [0.15, 0.2) is 54.6 Å². The molecule has 1 aliphatic rings. The van der Waals surface area contributed by atoms with Crippen LogP contribution in [0.3, 0.4) is 0 Å². The zero-order chi connectivity index (χ0) is 15.9. The Morgan fingerprint density at radius 1 is 1.04 bits per heavy atom. The van der Waals surface area contributed by atoms with E-state index in [0.717, 1.165) is 39.0 Å². The first-order chi connectivity index (χ1) is 11.3. The predicted octanol–water partition coefficient (Wildman–Crippen LogP) is 4.27. The van der Waals surface area contributed by atoms with Gasteiger partial charge in [-0.1, -0.05) is 42.5 Å². The van der Waals surface area contributed by atoms with Crippen molar-refractivity contribution in [1.82, 2.24) is 5.32 Å². The highest BCUT2D eigenvalue weighted by Crippen LogP contribution is 2.31. The van der Waals surface area contributed by atoms with Crippen molar-refractivity contribution in [1.29, 1.82) is 0 Å². The molecule has 23 heavy (non-hydrogen) atoms. The van der Waals surface area contributed by atoms with Crippen LogP contribution in [0, 0.1) is 5.82 Å². The topological polar surface area (TPSA) is 21.3 Å². The number of halogens is 1. The minimum absolute atomic E-state index is 0.164. The molecule has 2 nitrogen and oxygen atoms in total. The van der Waals surface area contributed by atoms with E-state index in [1.807, 2.05) is 18.2 Å². The fourth-order valence-electron chi connectivity index (χ4n) is 3.21. The third kappa shape index (κ3) is 4.88. The number of rotatable bonds is 6. The molecule has 0 radical (unpaired) electrons. The number of hydrogen-bond acceptors (Lipinski definition) is 2. The van der Waals surface area contributed by atoms with Crippen molar-refractivity contribution in [2.24, 2.45) is 0 Å². The maximum atomic E-state index is 13.0. The van der Waals surface area contributed by atoms with Crippen LogP contribution < -0.4 is 5.32 Å². The van der Waals surface area contributed by atoms with Gasteiger partial charge >= 0.3 is 0 Å². The highest BCUT2D eigenvalue weighted by molar-refractivity contribution is 5.21. The lowest BCUT2D eigenvalue weighted by atomic mass is 9.88. The van der Waals surface area contributed by atoms with Crippen LogP contribution in [0.2, 0.25) is 0 Å². The van der Waals surface area contributed by atoms with Crippen molar-refractivity contribution in [3.8, 4) is 0 Å². The molecule has 1 fully saturated rings. The molecule has 0 spiro atoms. The van der Waals surface area contributed by atoms with Crippen LogP contribution in [0.25, 0.3) is 0 Å². The summed E-state index contributed by atoms with van der Waals surface area (Å²) in [6.07, 6.45) is 3.37. The summed E-state index contributed by atoms with van der Waals surface area (Å²) >= 11 is 0. The van der Waals surface area contributed by atoms with E-state index in [2.05, 4.69) is 29.6 Å². The second kappa shape index (κ2) is 8.23. The monoisotopic (exact) mass is 313 g/mol. The molecule has 0 aromatic heterocycles. The van der Waals surface area contributed by atoms with E-state index in [4.69, 9.17) is 4.74 Å². The van der Waals surface area contributed by atoms with Crippen molar-refractivity contribution in [2.45, 2.75) is 37.8 Å². The van der Waals surface area contributed by atoms with E-state index in [1.54, 1.807) is 12.1 Å². The van der Waals surface area contributed by atoms with Gasteiger partial charge in [0.2, 0.25) is 0 Å². The highest BCUT2D eigenvalue weighted by Gasteiger charge is 2.23. The molecule has 2 aromatic carbocycles. The fourth-order valence-corrected chi connectivity index (χ4v) is 3.21. The van der Waals surface area contributed by atoms with Crippen molar-refractivity contribution < 1.29 is 9.13 Å². The first-order valence-corrected chi connectivity index (χ1v) is 8.43. The molecule has 0 saturated carbocycles. The molecule has 1 aliphatic heterocycles. The van der Waals surface area contributed by atoms with Gasteiger partial charge in [0.25, 0.3) is 0 Å². The summed E-state index contributed by atoms with van der Waals surface area (Å²) in [5, 5.41) is 3.48. The summed E-state index contributed by atoms with van der Waals surface area (Å²) in [4.78, 5) is 0. The Bertz CT molecular complexity index is 584. The molecule has 1 saturated heterocycles. The van der Waals surface area contributed by atoms with Gasteiger partial charge in [0, 0.05) is 13.2 Å². The van der Waals surface area contributed by atoms with Gasteiger partial charge < -0.3 is 10.1 Å². The van der Waals surface area contributed by atoms with Crippen LogP contribution >= 0.6 is 0 Å². The molecule has 0 amide bonds. The van der Waals surface area contributed by atoms with Gasteiger partial charge in [0.1, 0.15) is 5.82 Å². The quantitative estimate of drug-likeness (QED) is 0.804. The third-order valence-corrected chi connectivity index (χ3v) is 4.52. The molecule has 2 atom stereocenters. The smallest absolute Gasteiger partial charge is 0.123 e. The summed E-state index contributed by atoms with van der Waals surface area (Å²) in [6.45, 7) is 2.65. The number of hydrogen-bond donors (Lipinski definition) is 1. The summed E-state index contributed by atoms with van der Waals surface area (Å²) in [7, 11) is 0. The lowest BCUT2D eigenvalue weighted by molar-refractivity contribution is 0.00224. The lowest BCUT2D eigenvalue weighted by Crippen LogP contribution is -2.28. The lowest BCUT2D eigenvalue weighted by Gasteiger charge is -2.30. The van der Waals surface area contributed by atoms with Crippen LogP contribution in [-0.2, 0) is 11.3 Å². The fraction of sp³-hybridized carbons (Fsp3) is 0.400. The molecule has 3 heteroatoms. The van der Waals surface area contributed by atoms with E-state index in [-0.39, 0.29) is 5.82 Å². The van der Waals surface area contributed by atoms with Crippen LogP contribution in [0.4, 0.5) is 4.39 Å². The summed E-state index contributed by atoms with van der Waals surface area (Å²) < 4.78 is 18.9. The maximum absolute atomic E-state index is 13.0. The summed E-state index contributed by atoms with van der Waals surface area (Å²) in [5.41, 5.74) is 2.54. The van der Waals surface area contributed by atoms with Crippen molar-refractivity contribution in [3.63, 3.8) is 0 Å². The van der Waals surface area contributed by atoms with E-state index in [0.29, 0.717) is 12.0 Å². The molecule has 3 rings (SSSR count). The Hall–Kier alpha value is -1.71. The Morgan fingerprint density at radius 3 is 2.61 bits per heavy atom. The van der Waals surface area contributed by atoms with E-state index < -0.39 is 0 Å². The maximum Gasteiger partial charge on any atom is 0.123 e. The highest BCUT2D eigenvalue weighted by atomic mass is 19.1. The summed E-state index contributed by atoms with van der Waals surface area (Å²) in [6, 6.07) is 17.4. The molecule has 0 bridgehead atoms. The Kier molecular flexibility index (Phi) is 5.78. The van der Waals surface area contributed by atoms with Gasteiger partial charge in [-0.05, 0) is 55.0 Å². The van der Waals surface area contributed by atoms with E-state index >= 15 is 0 Å². The minimum atomic E-state index is -0.164. The second-order valence-electron chi connectivity index (χ2n) is 6.22. The van der Waals surface area contributed by atoms with Crippen molar-refractivity contribution >= 4 is 0 Å². The van der Waals surface area contributed by atoms with Crippen LogP contribution in [0.1, 0.15) is 36.3 Å². The molecule has 1 heterocycles. The Morgan fingerprint density at radius 2 is 1.83 bits per heavy atom. The molecule has 122 valence electrons. The molecule has 0 aliphatic carbocycles. The van der Waals surface area contributed by atoms with Crippen molar-refractivity contribution in [2.75, 3.05) is 13.2 Å². The van der Waals surface area contributed by atoms with Gasteiger partial charge in [0.05, 0.1) is 6.10 Å². The van der Waals surface area contributed by atoms with Gasteiger partial charge in [-0.15, -0.1) is 0 Å². The normalized spacial score (nSPS) is 21.3. The first kappa shape index (κ1) is 16.2. The van der Waals surface area contributed by atoms with Gasteiger partial charge in [0.15, 0.2) is 0 Å². The van der Waals surface area contributed by atoms with Gasteiger partial charge in [-0.2, -0.15) is 0 Å². The number of nitrogens with one attached hydrogen (secondary N) is 1. The van der Waals surface area contributed by atoms with Crippen LogP contribution in [0.5, 0.6) is 0 Å². The largest absolute Gasteiger partial charge is 0.378 e.